The van der Waals surface area contributed by atoms with Gasteiger partial charge in [-0.1, -0.05) is 5.92 Å². The molecule has 0 unspecified atom stereocenters. The van der Waals surface area contributed by atoms with Gasteiger partial charge in [0.25, 0.3) is 0 Å². The van der Waals surface area contributed by atoms with E-state index < -0.39 is 11.6 Å². The zero-order valence-corrected chi connectivity index (χ0v) is 7.60. The predicted molar refractivity (Wildman–Crippen MR) is 48.8 cm³/mol. The van der Waals surface area contributed by atoms with Crippen LogP contribution >= 0.6 is 0 Å². The van der Waals surface area contributed by atoms with Crippen LogP contribution in [0.1, 0.15) is 23.7 Å². The second-order valence-corrected chi connectivity index (χ2v) is 2.68. The van der Waals surface area contributed by atoms with E-state index in [1.165, 1.54) is 0 Å². The average Bonchev–Trinajstić information content (AvgIpc) is 2.12. The van der Waals surface area contributed by atoms with Crippen LogP contribution in [0.5, 0.6) is 0 Å². The maximum atomic E-state index is 12.7. The van der Waals surface area contributed by atoms with Gasteiger partial charge in [-0.25, -0.2) is 8.78 Å². The first kappa shape index (κ1) is 10.4. The highest BCUT2D eigenvalue weighted by Crippen LogP contribution is 2.09. The number of carbonyl (C=O) groups is 1. The fourth-order valence-corrected chi connectivity index (χ4v) is 0.986. The molecule has 1 aromatic carbocycles. The predicted octanol–water partition coefficient (Wildman–Crippen LogP) is 2.56. The minimum atomic E-state index is -0.752. The minimum absolute atomic E-state index is 0.0145. The van der Waals surface area contributed by atoms with Crippen molar-refractivity contribution in [3.05, 3.63) is 35.4 Å². The molecule has 1 aromatic rings. The van der Waals surface area contributed by atoms with Gasteiger partial charge in [0.05, 0.1) is 6.42 Å². The van der Waals surface area contributed by atoms with Gasteiger partial charge in [0.1, 0.15) is 11.6 Å². The highest BCUT2D eigenvalue weighted by molar-refractivity contribution is 5.97. The monoisotopic (exact) mass is 194 g/mol. The van der Waals surface area contributed by atoms with E-state index in [9.17, 15) is 13.6 Å². The lowest BCUT2D eigenvalue weighted by molar-refractivity contribution is 0.0997. The topological polar surface area (TPSA) is 17.1 Å². The quantitative estimate of drug-likeness (QED) is 0.522. The van der Waals surface area contributed by atoms with Crippen LogP contribution < -0.4 is 0 Å². The van der Waals surface area contributed by atoms with Crippen molar-refractivity contribution < 1.29 is 13.6 Å². The minimum Gasteiger partial charge on any atom is -0.293 e. The molecule has 14 heavy (non-hydrogen) atoms. The lowest BCUT2D eigenvalue weighted by Gasteiger charge is -1.97. The molecule has 1 nitrogen and oxygen atoms in total. The van der Waals surface area contributed by atoms with Crippen molar-refractivity contribution in [2.24, 2.45) is 0 Å². The van der Waals surface area contributed by atoms with Crippen molar-refractivity contribution >= 4 is 5.78 Å². The first-order valence-electron chi connectivity index (χ1n) is 4.02. The Morgan fingerprint density at radius 2 is 1.86 bits per heavy atom. The van der Waals surface area contributed by atoms with Gasteiger partial charge in [-0.3, -0.25) is 4.79 Å². The van der Waals surface area contributed by atoms with E-state index in [0.29, 0.717) is 0 Å². The first-order valence-corrected chi connectivity index (χ1v) is 4.02. The summed E-state index contributed by atoms with van der Waals surface area (Å²) in [7, 11) is 0. The van der Waals surface area contributed by atoms with Crippen molar-refractivity contribution in [2.45, 2.75) is 13.3 Å². The maximum Gasteiger partial charge on any atom is 0.174 e. The summed E-state index contributed by atoms with van der Waals surface area (Å²) in [6, 6.07) is 2.73. The van der Waals surface area contributed by atoms with Gasteiger partial charge in [-0.15, -0.1) is 5.92 Å². The molecule has 1 rings (SSSR count). The van der Waals surface area contributed by atoms with Crippen LogP contribution in [0.4, 0.5) is 8.78 Å². The second-order valence-electron chi connectivity index (χ2n) is 2.68. The Morgan fingerprint density at radius 1 is 1.29 bits per heavy atom. The van der Waals surface area contributed by atoms with Gasteiger partial charge in [-0.05, 0) is 19.1 Å². The summed E-state index contributed by atoms with van der Waals surface area (Å²) in [6.07, 6.45) is -0.0145. The first-order chi connectivity index (χ1) is 6.63. The zero-order valence-electron chi connectivity index (χ0n) is 7.60. The van der Waals surface area contributed by atoms with Gasteiger partial charge in [0.15, 0.2) is 5.78 Å². The molecule has 0 saturated carbocycles. The van der Waals surface area contributed by atoms with Gasteiger partial charge in [0, 0.05) is 11.6 Å². The number of rotatable bonds is 2. The number of hydrogen-bond acceptors (Lipinski definition) is 1. The molecule has 0 bridgehead atoms. The third-order valence-corrected chi connectivity index (χ3v) is 1.61. The molecule has 0 spiro atoms. The summed E-state index contributed by atoms with van der Waals surface area (Å²) in [5, 5.41) is 0. The van der Waals surface area contributed by atoms with Crippen molar-refractivity contribution in [2.75, 3.05) is 0 Å². The fourth-order valence-electron chi connectivity index (χ4n) is 0.986. The van der Waals surface area contributed by atoms with Gasteiger partial charge in [-0.2, -0.15) is 0 Å². The molecule has 72 valence electrons. The molecule has 0 N–H and O–H groups in total. The molecule has 0 aliphatic carbocycles. The van der Waals surface area contributed by atoms with Crippen molar-refractivity contribution in [3.63, 3.8) is 0 Å². The van der Waals surface area contributed by atoms with E-state index >= 15 is 0 Å². The Labute approximate surface area is 80.7 Å². The van der Waals surface area contributed by atoms with Crippen LogP contribution in [0.15, 0.2) is 18.2 Å². The molecule has 0 heterocycles. The summed E-state index contributed by atoms with van der Waals surface area (Å²) in [4.78, 5) is 11.3. The lowest BCUT2D eigenvalue weighted by Crippen LogP contribution is -1.99. The van der Waals surface area contributed by atoms with E-state index in [1.54, 1.807) is 6.92 Å². The molecule has 0 radical (unpaired) electrons. The zero-order chi connectivity index (χ0) is 10.6. The van der Waals surface area contributed by atoms with Crippen LogP contribution in [0.25, 0.3) is 0 Å². The molecule has 0 amide bonds. The third kappa shape index (κ3) is 2.67. The normalized spacial score (nSPS) is 9.07. The summed E-state index contributed by atoms with van der Waals surface area (Å²) in [6.45, 7) is 1.60. The van der Waals surface area contributed by atoms with Gasteiger partial charge in [0.2, 0.25) is 0 Å². The molecule has 0 fully saturated rings. The third-order valence-electron chi connectivity index (χ3n) is 1.61. The lowest BCUT2D eigenvalue weighted by atomic mass is 10.1. The number of Topliss-reactive ketones (excluding diaryl/α,β-unsaturated/α-hetero) is 1. The van der Waals surface area contributed by atoms with Gasteiger partial charge >= 0.3 is 0 Å². The number of benzene rings is 1. The Morgan fingerprint density at radius 3 is 2.36 bits per heavy atom. The Balaban J connectivity index is 2.93. The van der Waals surface area contributed by atoms with Crippen LogP contribution in [0.2, 0.25) is 0 Å². The van der Waals surface area contributed by atoms with E-state index in [4.69, 9.17) is 0 Å². The van der Waals surface area contributed by atoms with Gasteiger partial charge < -0.3 is 0 Å². The largest absolute Gasteiger partial charge is 0.293 e. The molecule has 0 aliphatic rings. The Kier molecular flexibility index (Phi) is 3.35. The Bertz CT molecular complexity index is 393. The summed E-state index contributed by atoms with van der Waals surface area (Å²) in [5.74, 6) is 3.20. The average molecular weight is 194 g/mol. The van der Waals surface area contributed by atoms with Crippen LogP contribution in [0, 0.1) is 23.5 Å². The SMILES string of the molecule is CC#CCC(=O)c1cc(F)cc(F)c1. The number of ketones is 1. The summed E-state index contributed by atoms with van der Waals surface area (Å²) < 4.78 is 25.4. The molecule has 0 aromatic heterocycles. The van der Waals surface area contributed by atoms with E-state index in [-0.39, 0.29) is 17.8 Å². The number of halogens is 2. The summed E-state index contributed by atoms with van der Waals surface area (Å²) >= 11 is 0. The smallest absolute Gasteiger partial charge is 0.174 e. The van der Waals surface area contributed by atoms with Crippen molar-refractivity contribution in [1.29, 1.82) is 0 Å². The molecule has 0 aliphatic heterocycles. The molecule has 0 saturated heterocycles. The molecular formula is C11H8F2O. The Hall–Kier alpha value is -1.69. The van der Waals surface area contributed by atoms with Crippen molar-refractivity contribution in [3.8, 4) is 11.8 Å². The highest BCUT2D eigenvalue weighted by atomic mass is 19.1. The van der Waals surface area contributed by atoms with Crippen molar-refractivity contribution in [1.82, 2.24) is 0 Å². The highest BCUT2D eigenvalue weighted by Gasteiger charge is 2.07. The molecular weight excluding hydrogens is 186 g/mol. The van der Waals surface area contributed by atoms with Crippen LogP contribution in [0.3, 0.4) is 0 Å². The molecule has 0 atom stereocenters. The number of carbonyl (C=O) groups excluding carboxylic acids is 1. The standard InChI is InChI=1S/C11H8F2O/c1-2-3-4-11(14)8-5-9(12)7-10(13)6-8/h5-7H,4H2,1H3. The van der Waals surface area contributed by atoms with Crippen LogP contribution in [-0.4, -0.2) is 5.78 Å². The summed E-state index contributed by atoms with van der Waals surface area (Å²) in [5.41, 5.74) is 0.0188. The molecule has 3 heteroatoms. The van der Waals surface area contributed by atoms with Crippen LogP contribution in [-0.2, 0) is 0 Å². The fraction of sp³-hybridized carbons (Fsp3) is 0.182. The van der Waals surface area contributed by atoms with E-state index in [0.717, 1.165) is 18.2 Å². The maximum absolute atomic E-state index is 12.7. The van der Waals surface area contributed by atoms with E-state index in [1.807, 2.05) is 0 Å². The van der Waals surface area contributed by atoms with E-state index in [2.05, 4.69) is 11.8 Å². The number of hydrogen-bond donors (Lipinski definition) is 0. The second kappa shape index (κ2) is 4.52.